The van der Waals surface area contributed by atoms with E-state index in [4.69, 9.17) is 9.47 Å². The van der Waals surface area contributed by atoms with Crippen LogP contribution in [0.25, 0.3) is 0 Å². The molecule has 3 heterocycles. The van der Waals surface area contributed by atoms with E-state index in [9.17, 15) is 31.1 Å². The Hall–Kier alpha value is -2.54. The number of alkyl halides is 6. The van der Waals surface area contributed by atoms with Crippen molar-refractivity contribution in [3.8, 4) is 0 Å². The molecular formula is C27H32BrF6N3O3. The average molecular weight is 640 g/mol. The van der Waals surface area contributed by atoms with Crippen molar-refractivity contribution >= 4 is 27.8 Å². The summed E-state index contributed by atoms with van der Waals surface area (Å²) >= 11 is 3.40. The van der Waals surface area contributed by atoms with Crippen molar-refractivity contribution in [2.45, 2.75) is 77.6 Å². The Labute approximate surface area is 237 Å². The number of hydrogen-bond donors (Lipinski definition) is 0. The fraction of sp³-hybridized carbons (Fsp3) is 0.556. The van der Waals surface area contributed by atoms with Crippen LogP contribution < -0.4 is 4.90 Å². The van der Waals surface area contributed by atoms with Crippen LogP contribution >= 0.6 is 15.9 Å². The number of hydrogen-bond acceptors (Lipinski definition) is 5. The first-order valence-corrected chi connectivity index (χ1v) is 13.8. The van der Waals surface area contributed by atoms with Crippen LogP contribution in [0.2, 0.25) is 0 Å². The molecule has 2 fully saturated rings. The predicted molar refractivity (Wildman–Crippen MR) is 141 cm³/mol. The SMILES string of the molecule is CC.CCN(c1ncc(Br)cc1CN1C(=O)OC(c2cc(C(F)(F)F)cc(C(F)(F)F)c2)C1C)C1CCOCC1. The molecule has 40 heavy (non-hydrogen) atoms. The van der Waals surface area contributed by atoms with E-state index < -0.39 is 41.7 Å². The zero-order chi connectivity index (χ0) is 29.8. The Bertz CT molecular complexity index is 1140. The summed E-state index contributed by atoms with van der Waals surface area (Å²) < 4.78 is 91.8. The summed E-state index contributed by atoms with van der Waals surface area (Å²) in [5, 5.41) is 0. The Morgan fingerprint density at radius 3 is 2.12 bits per heavy atom. The minimum absolute atomic E-state index is 0.00306. The second-order valence-electron chi connectivity index (χ2n) is 9.28. The van der Waals surface area contributed by atoms with Gasteiger partial charge in [0.1, 0.15) is 11.9 Å². The highest BCUT2D eigenvalue weighted by molar-refractivity contribution is 9.10. The van der Waals surface area contributed by atoms with E-state index >= 15 is 0 Å². The van der Waals surface area contributed by atoms with Gasteiger partial charge < -0.3 is 14.4 Å². The van der Waals surface area contributed by atoms with Gasteiger partial charge in [0.05, 0.1) is 23.7 Å². The third-order valence-corrected chi connectivity index (χ3v) is 7.26. The fourth-order valence-corrected chi connectivity index (χ4v) is 5.29. The maximum absolute atomic E-state index is 13.4. The number of nitrogens with zero attached hydrogens (tertiary/aromatic N) is 3. The Kier molecular flexibility index (Phi) is 10.4. The normalized spacial score (nSPS) is 20.2. The van der Waals surface area contributed by atoms with Gasteiger partial charge in [-0.1, -0.05) is 13.8 Å². The summed E-state index contributed by atoms with van der Waals surface area (Å²) in [5.74, 6) is 0.643. The summed E-state index contributed by atoms with van der Waals surface area (Å²) in [4.78, 5) is 20.9. The van der Waals surface area contributed by atoms with Crippen molar-refractivity contribution < 1.29 is 40.6 Å². The van der Waals surface area contributed by atoms with Crippen LogP contribution in [0.1, 0.15) is 68.9 Å². The number of anilines is 1. The molecule has 1 aromatic heterocycles. The van der Waals surface area contributed by atoms with E-state index in [0.29, 0.717) is 47.7 Å². The average Bonchev–Trinajstić information content (AvgIpc) is 3.19. The van der Waals surface area contributed by atoms with Gasteiger partial charge in [-0.05, 0) is 72.4 Å². The molecule has 2 atom stereocenters. The number of ether oxygens (including phenoxy) is 2. The van der Waals surface area contributed by atoms with E-state index in [1.54, 1.807) is 12.3 Å². The molecule has 0 saturated carbocycles. The molecule has 2 saturated heterocycles. The van der Waals surface area contributed by atoms with Crippen molar-refractivity contribution in [2.24, 2.45) is 0 Å². The lowest BCUT2D eigenvalue weighted by atomic mass is 9.97. The third kappa shape index (κ3) is 7.20. The Morgan fingerprint density at radius 1 is 1.02 bits per heavy atom. The van der Waals surface area contributed by atoms with Crippen LogP contribution in [0.3, 0.4) is 0 Å². The first-order chi connectivity index (χ1) is 18.8. The number of aromatic nitrogens is 1. The Morgan fingerprint density at radius 2 is 1.60 bits per heavy atom. The van der Waals surface area contributed by atoms with Gasteiger partial charge in [-0.15, -0.1) is 0 Å². The largest absolute Gasteiger partial charge is 0.439 e. The quantitative estimate of drug-likeness (QED) is 0.300. The van der Waals surface area contributed by atoms with Gasteiger partial charge in [0.25, 0.3) is 0 Å². The first-order valence-electron chi connectivity index (χ1n) is 13.0. The van der Waals surface area contributed by atoms with Gasteiger partial charge in [0.15, 0.2) is 0 Å². The highest BCUT2D eigenvalue weighted by Gasteiger charge is 2.43. The minimum Gasteiger partial charge on any atom is -0.439 e. The van der Waals surface area contributed by atoms with Gasteiger partial charge in [-0.25, -0.2) is 9.78 Å². The van der Waals surface area contributed by atoms with Crippen LogP contribution in [-0.4, -0.2) is 47.8 Å². The van der Waals surface area contributed by atoms with Gasteiger partial charge in [0.2, 0.25) is 0 Å². The molecule has 1 aromatic carbocycles. The highest BCUT2D eigenvalue weighted by atomic mass is 79.9. The van der Waals surface area contributed by atoms with Crippen molar-refractivity contribution in [1.29, 1.82) is 0 Å². The standard InChI is InChI=1S/C25H26BrF6N3O3.C2H6/c1-3-34(20-4-6-37-7-5-20)22-16(10-19(26)12-33-22)13-35-14(2)21(38-23(35)36)15-8-17(24(27,28)29)11-18(9-15)25(30,31)32;1-2/h8-12,14,20-21H,3-7,13H2,1-2H3;1-2H3. The maximum atomic E-state index is 13.4. The van der Waals surface area contributed by atoms with Crippen molar-refractivity contribution in [2.75, 3.05) is 24.7 Å². The van der Waals surface area contributed by atoms with E-state index in [2.05, 4.69) is 25.8 Å². The van der Waals surface area contributed by atoms with Gasteiger partial charge in [-0.3, -0.25) is 4.90 Å². The number of rotatable bonds is 6. The number of carbonyl (C=O) groups excluding carboxylic acids is 1. The third-order valence-electron chi connectivity index (χ3n) is 6.83. The molecule has 2 unspecified atom stereocenters. The van der Waals surface area contributed by atoms with Crippen LogP contribution in [0, 0.1) is 0 Å². The van der Waals surface area contributed by atoms with E-state index in [-0.39, 0.29) is 24.2 Å². The smallest absolute Gasteiger partial charge is 0.416 e. The molecule has 0 bridgehead atoms. The van der Waals surface area contributed by atoms with Gasteiger partial charge >= 0.3 is 18.4 Å². The lowest BCUT2D eigenvalue weighted by Gasteiger charge is -2.36. The zero-order valence-corrected chi connectivity index (χ0v) is 24.2. The topological polar surface area (TPSA) is 54.9 Å². The Balaban J connectivity index is 0.00000216. The molecule has 222 valence electrons. The van der Waals surface area contributed by atoms with E-state index in [1.807, 2.05) is 20.8 Å². The lowest BCUT2D eigenvalue weighted by molar-refractivity contribution is -0.143. The minimum atomic E-state index is -5.01. The monoisotopic (exact) mass is 639 g/mol. The lowest BCUT2D eigenvalue weighted by Crippen LogP contribution is -2.41. The van der Waals surface area contributed by atoms with Crippen molar-refractivity contribution in [3.63, 3.8) is 0 Å². The second kappa shape index (κ2) is 13.0. The molecule has 0 spiro atoms. The molecule has 2 aliphatic heterocycles. The molecule has 2 aromatic rings. The van der Waals surface area contributed by atoms with Gasteiger partial charge in [-0.2, -0.15) is 26.3 Å². The maximum Gasteiger partial charge on any atom is 0.416 e. The van der Waals surface area contributed by atoms with Crippen molar-refractivity contribution in [3.05, 3.63) is 57.2 Å². The number of carbonyl (C=O) groups is 1. The fourth-order valence-electron chi connectivity index (χ4n) is 4.91. The number of halogens is 7. The van der Waals surface area contributed by atoms with Crippen LogP contribution in [-0.2, 0) is 28.4 Å². The predicted octanol–water partition coefficient (Wildman–Crippen LogP) is 8.00. The summed E-state index contributed by atoms with van der Waals surface area (Å²) in [6.45, 7) is 9.38. The molecule has 0 aliphatic carbocycles. The van der Waals surface area contributed by atoms with Gasteiger partial charge in [0, 0.05) is 42.0 Å². The van der Waals surface area contributed by atoms with E-state index in [1.165, 1.54) is 11.8 Å². The van der Waals surface area contributed by atoms with Crippen LogP contribution in [0.4, 0.5) is 37.0 Å². The zero-order valence-electron chi connectivity index (χ0n) is 22.6. The van der Waals surface area contributed by atoms with Crippen LogP contribution in [0.5, 0.6) is 0 Å². The molecule has 4 rings (SSSR count). The number of pyridine rings is 1. The second-order valence-corrected chi connectivity index (χ2v) is 10.2. The first kappa shape index (κ1) is 32.0. The van der Waals surface area contributed by atoms with Crippen molar-refractivity contribution in [1.82, 2.24) is 9.88 Å². The summed E-state index contributed by atoms with van der Waals surface area (Å²) in [7, 11) is 0. The summed E-state index contributed by atoms with van der Waals surface area (Å²) in [6, 6.07) is 2.37. The number of cyclic esters (lactones) is 1. The number of amides is 1. The molecule has 2 aliphatic rings. The molecule has 0 radical (unpaired) electrons. The highest BCUT2D eigenvalue weighted by Crippen LogP contribution is 2.41. The molecular weight excluding hydrogens is 608 g/mol. The molecule has 13 heteroatoms. The summed E-state index contributed by atoms with van der Waals surface area (Å²) in [6.07, 6.45) is -8.95. The van der Waals surface area contributed by atoms with Crippen LogP contribution in [0.15, 0.2) is 34.9 Å². The molecule has 6 nitrogen and oxygen atoms in total. The summed E-state index contributed by atoms with van der Waals surface area (Å²) in [5.41, 5.74) is -2.63. The number of benzene rings is 1. The molecule has 0 N–H and O–H groups in total. The molecule has 1 amide bonds. The van der Waals surface area contributed by atoms with E-state index in [0.717, 1.165) is 12.8 Å².